The first kappa shape index (κ1) is 17.2. The van der Waals surface area contributed by atoms with Crippen molar-refractivity contribution in [2.45, 2.75) is 32.5 Å². The standard InChI is InChI=1S/C11H22F3N3O/c1-8(2)6-16-10(18)7-17(3)9(4-5-15)11(12,13)14/h8-9H,4-7,15H2,1-3H3,(H,16,18). The molecule has 0 aromatic carbocycles. The van der Waals surface area contributed by atoms with Crippen LogP contribution in [0.4, 0.5) is 13.2 Å². The Bertz CT molecular complexity index is 256. The normalized spacial score (nSPS) is 14.1. The van der Waals surface area contributed by atoms with Crippen LogP contribution < -0.4 is 11.1 Å². The number of hydrogen-bond acceptors (Lipinski definition) is 3. The first-order valence-corrected chi connectivity index (χ1v) is 5.92. The van der Waals surface area contributed by atoms with E-state index in [2.05, 4.69) is 5.32 Å². The summed E-state index contributed by atoms with van der Waals surface area (Å²) >= 11 is 0. The van der Waals surface area contributed by atoms with E-state index < -0.39 is 18.1 Å². The molecule has 0 aliphatic heterocycles. The Labute approximate surface area is 106 Å². The van der Waals surface area contributed by atoms with Gasteiger partial charge in [-0.1, -0.05) is 13.8 Å². The lowest BCUT2D eigenvalue weighted by Crippen LogP contribution is -2.48. The van der Waals surface area contributed by atoms with Crippen LogP contribution in [0.2, 0.25) is 0 Å². The Kier molecular flexibility index (Phi) is 7.23. The van der Waals surface area contributed by atoms with Crippen LogP contribution in [0.3, 0.4) is 0 Å². The number of likely N-dealkylation sites (N-methyl/N-ethyl adjacent to an activating group) is 1. The molecule has 0 aliphatic carbocycles. The second-order valence-electron chi connectivity index (χ2n) is 4.75. The van der Waals surface area contributed by atoms with Gasteiger partial charge in [-0.3, -0.25) is 9.69 Å². The maximum Gasteiger partial charge on any atom is 0.404 e. The Morgan fingerprint density at radius 3 is 2.33 bits per heavy atom. The van der Waals surface area contributed by atoms with Crippen LogP contribution in [0.15, 0.2) is 0 Å². The van der Waals surface area contributed by atoms with Crippen molar-refractivity contribution in [3.05, 3.63) is 0 Å². The molecule has 0 aliphatic rings. The van der Waals surface area contributed by atoms with Crippen molar-refractivity contribution in [1.82, 2.24) is 10.2 Å². The summed E-state index contributed by atoms with van der Waals surface area (Å²) in [6, 6.07) is -1.67. The molecule has 0 saturated heterocycles. The number of amides is 1. The lowest BCUT2D eigenvalue weighted by molar-refractivity contribution is -0.182. The molecule has 0 bridgehead atoms. The number of carbonyl (C=O) groups excluding carboxylic acids is 1. The quantitative estimate of drug-likeness (QED) is 0.724. The van der Waals surface area contributed by atoms with Gasteiger partial charge in [0.15, 0.2) is 0 Å². The van der Waals surface area contributed by atoms with E-state index >= 15 is 0 Å². The highest BCUT2D eigenvalue weighted by molar-refractivity contribution is 5.78. The van der Waals surface area contributed by atoms with E-state index in [4.69, 9.17) is 5.73 Å². The molecule has 3 N–H and O–H groups in total. The minimum atomic E-state index is -4.37. The van der Waals surface area contributed by atoms with Crippen LogP contribution in [0.25, 0.3) is 0 Å². The third-order valence-corrected chi connectivity index (χ3v) is 2.45. The summed E-state index contributed by atoms with van der Waals surface area (Å²) in [4.78, 5) is 12.4. The highest BCUT2D eigenvalue weighted by Crippen LogP contribution is 2.25. The fourth-order valence-corrected chi connectivity index (χ4v) is 1.50. The summed E-state index contributed by atoms with van der Waals surface area (Å²) in [7, 11) is 1.28. The third-order valence-electron chi connectivity index (χ3n) is 2.45. The molecule has 108 valence electrons. The van der Waals surface area contributed by atoms with E-state index in [1.165, 1.54) is 7.05 Å². The number of rotatable bonds is 7. The molecule has 0 saturated carbocycles. The SMILES string of the molecule is CC(C)CNC(=O)CN(C)C(CCN)C(F)(F)F. The number of hydrogen-bond donors (Lipinski definition) is 2. The van der Waals surface area contributed by atoms with Gasteiger partial charge >= 0.3 is 6.18 Å². The number of nitrogens with one attached hydrogen (secondary N) is 1. The average molecular weight is 269 g/mol. The number of halogens is 3. The second kappa shape index (κ2) is 7.58. The minimum absolute atomic E-state index is 0.0673. The molecule has 1 atom stereocenters. The molecule has 7 heteroatoms. The fourth-order valence-electron chi connectivity index (χ4n) is 1.50. The Morgan fingerprint density at radius 2 is 1.94 bits per heavy atom. The molecule has 18 heavy (non-hydrogen) atoms. The molecule has 0 heterocycles. The smallest absolute Gasteiger partial charge is 0.355 e. The maximum absolute atomic E-state index is 12.7. The van der Waals surface area contributed by atoms with E-state index in [0.717, 1.165) is 4.90 Å². The monoisotopic (exact) mass is 269 g/mol. The first-order valence-electron chi connectivity index (χ1n) is 5.92. The van der Waals surface area contributed by atoms with E-state index in [9.17, 15) is 18.0 Å². The average Bonchev–Trinajstić information content (AvgIpc) is 2.21. The lowest BCUT2D eigenvalue weighted by atomic mass is 10.1. The summed E-state index contributed by atoms with van der Waals surface area (Å²) in [6.07, 6.45) is -4.58. The highest BCUT2D eigenvalue weighted by atomic mass is 19.4. The molecule has 0 aromatic rings. The molecule has 0 spiro atoms. The predicted octanol–water partition coefficient (Wildman–Crippen LogP) is 0.970. The first-order chi connectivity index (χ1) is 8.18. The molecule has 0 rings (SSSR count). The van der Waals surface area contributed by atoms with Crippen molar-refractivity contribution < 1.29 is 18.0 Å². The number of nitrogens with two attached hydrogens (primary N) is 1. The highest BCUT2D eigenvalue weighted by Gasteiger charge is 2.41. The van der Waals surface area contributed by atoms with Crippen molar-refractivity contribution >= 4 is 5.91 Å². The van der Waals surface area contributed by atoms with E-state index in [0.29, 0.717) is 6.54 Å². The number of nitrogens with zero attached hydrogens (tertiary/aromatic N) is 1. The van der Waals surface area contributed by atoms with Crippen molar-refractivity contribution in [3.8, 4) is 0 Å². The van der Waals surface area contributed by atoms with Crippen LogP contribution in [0, 0.1) is 5.92 Å². The zero-order chi connectivity index (χ0) is 14.3. The molecule has 1 amide bonds. The number of carbonyl (C=O) groups is 1. The second-order valence-corrected chi connectivity index (χ2v) is 4.75. The van der Waals surface area contributed by atoms with Crippen molar-refractivity contribution in [2.75, 3.05) is 26.7 Å². The van der Waals surface area contributed by atoms with Crippen LogP contribution in [-0.4, -0.2) is 49.7 Å². The van der Waals surface area contributed by atoms with Crippen LogP contribution in [-0.2, 0) is 4.79 Å². The fraction of sp³-hybridized carbons (Fsp3) is 0.909. The summed E-state index contributed by atoms with van der Waals surface area (Å²) < 4.78 is 38.1. The Hall–Kier alpha value is -0.820. The molecular weight excluding hydrogens is 247 g/mol. The van der Waals surface area contributed by atoms with Crippen LogP contribution >= 0.6 is 0 Å². The predicted molar refractivity (Wildman–Crippen MR) is 64.0 cm³/mol. The van der Waals surface area contributed by atoms with Gasteiger partial charge in [0.1, 0.15) is 6.04 Å². The van der Waals surface area contributed by atoms with Gasteiger partial charge in [0.2, 0.25) is 5.91 Å². The van der Waals surface area contributed by atoms with E-state index in [1.54, 1.807) is 0 Å². The van der Waals surface area contributed by atoms with Crippen molar-refractivity contribution in [2.24, 2.45) is 11.7 Å². The third kappa shape index (κ3) is 6.80. The minimum Gasteiger partial charge on any atom is -0.355 e. The molecule has 0 aromatic heterocycles. The van der Waals surface area contributed by atoms with Gasteiger partial charge in [-0.2, -0.15) is 13.2 Å². The van der Waals surface area contributed by atoms with Gasteiger partial charge in [-0.25, -0.2) is 0 Å². The van der Waals surface area contributed by atoms with Crippen LogP contribution in [0.5, 0.6) is 0 Å². The molecule has 1 unspecified atom stereocenters. The molecule has 0 radical (unpaired) electrons. The van der Waals surface area contributed by atoms with Gasteiger partial charge < -0.3 is 11.1 Å². The molecular formula is C11H22F3N3O. The van der Waals surface area contributed by atoms with Crippen molar-refractivity contribution in [3.63, 3.8) is 0 Å². The van der Waals surface area contributed by atoms with Crippen molar-refractivity contribution in [1.29, 1.82) is 0 Å². The maximum atomic E-state index is 12.7. The summed E-state index contributed by atoms with van der Waals surface area (Å²) in [5, 5.41) is 2.58. The topological polar surface area (TPSA) is 58.4 Å². The molecule has 4 nitrogen and oxygen atoms in total. The zero-order valence-electron chi connectivity index (χ0n) is 11.0. The number of alkyl halides is 3. The van der Waals surface area contributed by atoms with Gasteiger partial charge in [-0.15, -0.1) is 0 Å². The molecule has 0 fully saturated rings. The van der Waals surface area contributed by atoms with E-state index in [1.807, 2.05) is 13.8 Å². The van der Waals surface area contributed by atoms with E-state index in [-0.39, 0.29) is 25.4 Å². The van der Waals surface area contributed by atoms with Crippen LogP contribution in [0.1, 0.15) is 20.3 Å². The summed E-state index contributed by atoms with van der Waals surface area (Å²) in [5.41, 5.74) is 5.17. The summed E-state index contributed by atoms with van der Waals surface area (Å²) in [5.74, 6) is -0.140. The lowest BCUT2D eigenvalue weighted by Gasteiger charge is -2.29. The zero-order valence-corrected chi connectivity index (χ0v) is 11.0. The van der Waals surface area contributed by atoms with Gasteiger partial charge in [-0.05, 0) is 25.9 Å². The van der Waals surface area contributed by atoms with Gasteiger partial charge in [0, 0.05) is 6.54 Å². The summed E-state index contributed by atoms with van der Waals surface area (Å²) in [6.45, 7) is 3.94. The largest absolute Gasteiger partial charge is 0.404 e. The van der Waals surface area contributed by atoms with Gasteiger partial charge in [0.25, 0.3) is 0 Å². The van der Waals surface area contributed by atoms with Gasteiger partial charge in [0.05, 0.1) is 6.54 Å². The Balaban J connectivity index is 4.33. The Morgan fingerprint density at radius 1 is 1.39 bits per heavy atom.